The van der Waals surface area contributed by atoms with E-state index in [1.165, 1.54) is 12.2 Å². The summed E-state index contributed by atoms with van der Waals surface area (Å²) in [5, 5.41) is 18.9. The van der Waals surface area contributed by atoms with Crippen LogP contribution in [-0.4, -0.2) is 51.3 Å². The van der Waals surface area contributed by atoms with E-state index >= 15 is 0 Å². The minimum absolute atomic E-state index is 0.0511. The van der Waals surface area contributed by atoms with Crippen LogP contribution in [0.25, 0.3) is 12.2 Å². The van der Waals surface area contributed by atoms with E-state index in [4.69, 9.17) is 9.47 Å². The first-order chi connectivity index (χ1) is 19.3. The van der Waals surface area contributed by atoms with Gasteiger partial charge in [-0.15, -0.1) is 0 Å². The largest absolute Gasteiger partial charge is 0.461 e. The molecular formula is C32H38N4O4. The fraction of sp³-hybridized carbons (Fsp3) is 0.375. The third-order valence-electron chi connectivity index (χ3n) is 6.34. The second-order valence-electron chi connectivity index (χ2n) is 9.17. The lowest BCUT2D eigenvalue weighted by Gasteiger charge is -2.20. The quantitative estimate of drug-likeness (QED) is 0.172. The van der Waals surface area contributed by atoms with Crippen LogP contribution in [0.15, 0.2) is 59.7 Å². The molecule has 0 spiro atoms. The van der Waals surface area contributed by atoms with Gasteiger partial charge in [-0.05, 0) is 75.2 Å². The molecule has 8 heteroatoms. The van der Waals surface area contributed by atoms with Crippen molar-refractivity contribution in [2.45, 2.75) is 34.6 Å². The Morgan fingerprint density at radius 2 is 1.02 bits per heavy atom. The lowest BCUT2D eigenvalue weighted by atomic mass is 10.1. The SMILES string of the molecule is CCN(CC)c1ccc(/C=C(\C#N)C(=O)OCC(C)COC(=O)/C(C#N)=C/c2ccc(N(CC)CC)cc2)cc1. The Balaban J connectivity index is 1.91. The molecular weight excluding hydrogens is 504 g/mol. The van der Waals surface area contributed by atoms with Crippen LogP contribution >= 0.6 is 0 Å². The molecule has 0 N–H and O–H groups in total. The molecule has 0 fully saturated rings. The average molecular weight is 543 g/mol. The summed E-state index contributed by atoms with van der Waals surface area (Å²) >= 11 is 0. The number of benzene rings is 2. The van der Waals surface area contributed by atoms with Crippen molar-refractivity contribution in [2.75, 3.05) is 49.2 Å². The van der Waals surface area contributed by atoms with E-state index in [9.17, 15) is 20.1 Å². The predicted molar refractivity (Wildman–Crippen MR) is 158 cm³/mol. The number of hydrogen-bond acceptors (Lipinski definition) is 8. The fourth-order valence-electron chi connectivity index (χ4n) is 3.99. The predicted octanol–water partition coefficient (Wildman–Crippen LogP) is 5.62. The van der Waals surface area contributed by atoms with E-state index in [-0.39, 0.29) is 30.3 Å². The van der Waals surface area contributed by atoms with Gasteiger partial charge in [0.1, 0.15) is 23.3 Å². The lowest BCUT2D eigenvalue weighted by Crippen LogP contribution is -2.21. The van der Waals surface area contributed by atoms with Gasteiger partial charge in [0, 0.05) is 43.5 Å². The van der Waals surface area contributed by atoms with Crippen LogP contribution in [0.2, 0.25) is 0 Å². The Morgan fingerprint density at radius 1 is 0.700 bits per heavy atom. The Hall–Kier alpha value is -4.56. The number of anilines is 2. The summed E-state index contributed by atoms with van der Waals surface area (Å²) in [7, 11) is 0. The van der Waals surface area contributed by atoms with Crippen molar-refractivity contribution in [3.8, 4) is 12.1 Å². The number of nitriles is 2. The van der Waals surface area contributed by atoms with E-state index in [0.717, 1.165) is 37.6 Å². The molecule has 2 aromatic carbocycles. The number of rotatable bonds is 14. The molecule has 0 amide bonds. The maximum absolute atomic E-state index is 12.5. The molecule has 0 bridgehead atoms. The second-order valence-corrected chi connectivity index (χ2v) is 9.17. The smallest absolute Gasteiger partial charge is 0.348 e. The molecule has 210 valence electrons. The van der Waals surface area contributed by atoms with Crippen LogP contribution < -0.4 is 9.80 Å². The zero-order chi connectivity index (χ0) is 29.5. The van der Waals surface area contributed by atoms with E-state index in [2.05, 4.69) is 37.5 Å². The standard InChI is InChI=1S/C32H38N4O4/c1-6-35(7-2)29-14-10-25(11-15-29)18-27(20-33)31(37)39-22-24(5)23-40-32(38)28(21-34)19-26-12-16-30(17-13-26)36(8-3)9-4/h10-19,24H,6-9,22-23H2,1-5H3/b27-18+,28-19+. The molecule has 0 aliphatic heterocycles. The highest BCUT2D eigenvalue weighted by Gasteiger charge is 2.16. The molecule has 0 saturated carbocycles. The monoisotopic (exact) mass is 542 g/mol. The van der Waals surface area contributed by atoms with Gasteiger partial charge in [0.2, 0.25) is 0 Å². The Labute approximate surface area is 237 Å². The molecule has 8 nitrogen and oxygen atoms in total. The van der Waals surface area contributed by atoms with Crippen LogP contribution in [0.5, 0.6) is 0 Å². The van der Waals surface area contributed by atoms with Crippen molar-refractivity contribution in [1.82, 2.24) is 0 Å². The normalized spacial score (nSPS) is 12.1. The summed E-state index contributed by atoms with van der Waals surface area (Å²) in [6.07, 6.45) is 2.97. The first kappa shape index (κ1) is 31.7. The zero-order valence-corrected chi connectivity index (χ0v) is 24.0. The summed E-state index contributed by atoms with van der Waals surface area (Å²) in [4.78, 5) is 29.3. The molecule has 40 heavy (non-hydrogen) atoms. The maximum Gasteiger partial charge on any atom is 0.348 e. The molecule has 0 saturated heterocycles. The number of carbonyl (C=O) groups is 2. The van der Waals surface area contributed by atoms with Gasteiger partial charge in [0.15, 0.2) is 0 Å². The van der Waals surface area contributed by atoms with Crippen LogP contribution in [0.1, 0.15) is 45.7 Å². The van der Waals surface area contributed by atoms with Gasteiger partial charge in [-0.25, -0.2) is 9.59 Å². The van der Waals surface area contributed by atoms with Crippen molar-refractivity contribution in [1.29, 1.82) is 10.5 Å². The first-order valence-electron chi connectivity index (χ1n) is 13.6. The first-order valence-corrected chi connectivity index (χ1v) is 13.6. The van der Waals surface area contributed by atoms with Gasteiger partial charge in [-0.2, -0.15) is 10.5 Å². The maximum atomic E-state index is 12.5. The van der Waals surface area contributed by atoms with Crippen molar-refractivity contribution in [3.63, 3.8) is 0 Å². The Kier molecular flexibility index (Phi) is 13.0. The van der Waals surface area contributed by atoms with Crippen molar-refractivity contribution in [3.05, 3.63) is 70.8 Å². The van der Waals surface area contributed by atoms with Gasteiger partial charge < -0.3 is 19.3 Å². The number of hydrogen-bond donors (Lipinski definition) is 0. The summed E-state index contributed by atoms with van der Waals surface area (Å²) in [5.41, 5.74) is 3.31. The summed E-state index contributed by atoms with van der Waals surface area (Å²) in [6, 6.07) is 19.0. The van der Waals surface area contributed by atoms with E-state index in [0.29, 0.717) is 11.1 Å². The highest BCUT2D eigenvalue weighted by molar-refractivity contribution is 5.98. The van der Waals surface area contributed by atoms with Crippen LogP contribution in [0.4, 0.5) is 11.4 Å². The van der Waals surface area contributed by atoms with Gasteiger partial charge in [0.05, 0.1) is 13.2 Å². The van der Waals surface area contributed by atoms with E-state index in [1.807, 2.05) is 60.7 Å². The molecule has 0 heterocycles. The molecule has 0 atom stereocenters. The summed E-state index contributed by atoms with van der Waals surface area (Å²) in [6.45, 7) is 13.5. The fourth-order valence-corrected chi connectivity index (χ4v) is 3.99. The zero-order valence-electron chi connectivity index (χ0n) is 24.0. The number of carbonyl (C=O) groups excluding carboxylic acids is 2. The molecule has 0 aliphatic carbocycles. The molecule has 0 radical (unpaired) electrons. The van der Waals surface area contributed by atoms with Crippen LogP contribution in [-0.2, 0) is 19.1 Å². The summed E-state index contributed by atoms with van der Waals surface area (Å²) < 4.78 is 10.6. The van der Waals surface area contributed by atoms with E-state index < -0.39 is 11.9 Å². The molecule has 0 aliphatic rings. The Bertz CT molecular complexity index is 1160. The average Bonchev–Trinajstić information content (AvgIpc) is 2.98. The highest BCUT2D eigenvalue weighted by atomic mass is 16.5. The molecule has 0 unspecified atom stereocenters. The van der Waals surface area contributed by atoms with Crippen molar-refractivity contribution in [2.24, 2.45) is 5.92 Å². The highest BCUT2D eigenvalue weighted by Crippen LogP contribution is 2.18. The van der Waals surface area contributed by atoms with Crippen LogP contribution in [0.3, 0.4) is 0 Å². The van der Waals surface area contributed by atoms with Crippen molar-refractivity contribution < 1.29 is 19.1 Å². The van der Waals surface area contributed by atoms with Gasteiger partial charge in [-0.1, -0.05) is 31.2 Å². The number of esters is 2. The van der Waals surface area contributed by atoms with E-state index in [1.54, 1.807) is 6.92 Å². The van der Waals surface area contributed by atoms with Gasteiger partial charge >= 0.3 is 11.9 Å². The van der Waals surface area contributed by atoms with Gasteiger partial charge in [-0.3, -0.25) is 0 Å². The van der Waals surface area contributed by atoms with Gasteiger partial charge in [0.25, 0.3) is 0 Å². The number of ether oxygens (including phenoxy) is 2. The third-order valence-corrected chi connectivity index (χ3v) is 6.34. The number of nitrogens with zero attached hydrogens (tertiary/aromatic N) is 4. The van der Waals surface area contributed by atoms with Crippen LogP contribution in [0, 0.1) is 28.6 Å². The molecule has 0 aromatic heterocycles. The lowest BCUT2D eigenvalue weighted by molar-refractivity contribution is -0.143. The molecule has 2 rings (SSSR count). The Morgan fingerprint density at radius 3 is 1.30 bits per heavy atom. The summed E-state index contributed by atoms with van der Waals surface area (Å²) in [5.74, 6) is -1.84. The third kappa shape index (κ3) is 9.32. The minimum atomic E-state index is -0.751. The van der Waals surface area contributed by atoms with Crippen molar-refractivity contribution >= 4 is 35.5 Å². The molecule has 2 aromatic rings. The minimum Gasteiger partial charge on any atom is -0.461 e. The topological polar surface area (TPSA) is 107 Å². The second kappa shape index (κ2) is 16.4.